The second-order valence-electron chi connectivity index (χ2n) is 9.81. The summed E-state index contributed by atoms with van der Waals surface area (Å²) in [5.74, 6) is 1.14. The first kappa shape index (κ1) is 23.1. The number of para-hydroxylation sites is 2. The third-order valence-corrected chi connectivity index (χ3v) is 7.84. The zero-order valence-corrected chi connectivity index (χ0v) is 20.4. The first-order chi connectivity index (χ1) is 16.6. The first-order valence-corrected chi connectivity index (χ1v) is 12.7. The van der Waals surface area contributed by atoms with Crippen LogP contribution in [0, 0.1) is 6.92 Å². The van der Waals surface area contributed by atoms with Gasteiger partial charge in [0.25, 0.3) is 0 Å². The molecule has 6 nitrogen and oxygen atoms in total. The summed E-state index contributed by atoms with van der Waals surface area (Å²) >= 11 is 0. The minimum Gasteiger partial charge on any atom is -0.384 e. The van der Waals surface area contributed by atoms with Gasteiger partial charge < -0.3 is 14.6 Å². The van der Waals surface area contributed by atoms with Crippen molar-refractivity contribution in [1.29, 1.82) is 0 Å². The van der Waals surface area contributed by atoms with E-state index in [4.69, 9.17) is 9.72 Å². The van der Waals surface area contributed by atoms with E-state index >= 15 is 0 Å². The Kier molecular flexibility index (Phi) is 6.70. The quantitative estimate of drug-likeness (QED) is 0.492. The highest BCUT2D eigenvalue weighted by atomic mass is 16.5. The van der Waals surface area contributed by atoms with Crippen LogP contribution in [0.15, 0.2) is 54.6 Å². The molecule has 6 heteroatoms. The van der Waals surface area contributed by atoms with Crippen LogP contribution in [0.2, 0.25) is 0 Å². The molecule has 2 saturated heterocycles. The van der Waals surface area contributed by atoms with Crippen molar-refractivity contribution in [3.05, 3.63) is 66.0 Å². The molecule has 2 unspecified atom stereocenters. The number of benzene rings is 2. The van der Waals surface area contributed by atoms with Crippen molar-refractivity contribution in [3.8, 4) is 0 Å². The van der Waals surface area contributed by atoms with Crippen LogP contribution in [-0.4, -0.2) is 46.7 Å². The lowest BCUT2D eigenvalue weighted by molar-refractivity contribution is -0.122. The van der Waals surface area contributed by atoms with Crippen LogP contribution < -0.4 is 5.32 Å². The average molecular weight is 461 g/mol. The number of hydrogen-bond acceptors (Lipinski definition) is 4. The zero-order chi connectivity index (χ0) is 23.5. The second kappa shape index (κ2) is 9.88. The third kappa shape index (κ3) is 4.25. The summed E-state index contributed by atoms with van der Waals surface area (Å²) in [6, 6.07) is 19.5. The number of amides is 1. The number of methoxy groups -OCH3 is 1. The largest absolute Gasteiger partial charge is 0.384 e. The Balaban J connectivity index is 1.42. The van der Waals surface area contributed by atoms with Gasteiger partial charge in [-0.15, -0.1) is 0 Å². The molecular weight excluding hydrogens is 424 g/mol. The number of aromatic nitrogens is 2. The van der Waals surface area contributed by atoms with Gasteiger partial charge in [0.2, 0.25) is 5.91 Å². The van der Waals surface area contributed by atoms with E-state index in [1.165, 1.54) is 24.8 Å². The van der Waals surface area contributed by atoms with Gasteiger partial charge >= 0.3 is 0 Å². The summed E-state index contributed by atoms with van der Waals surface area (Å²) in [6.45, 7) is 3.54. The summed E-state index contributed by atoms with van der Waals surface area (Å²) in [5, 5.41) is 3.28. The number of fused-ring (bicyclic) bond motifs is 3. The molecule has 2 aliphatic heterocycles. The lowest BCUT2D eigenvalue weighted by Crippen LogP contribution is -2.53. The molecule has 180 valence electrons. The van der Waals surface area contributed by atoms with E-state index in [-0.39, 0.29) is 17.6 Å². The summed E-state index contributed by atoms with van der Waals surface area (Å²) < 4.78 is 7.64. The Morgan fingerprint density at radius 3 is 2.76 bits per heavy atom. The molecule has 5 rings (SSSR count). The molecule has 0 radical (unpaired) electrons. The molecule has 2 fully saturated rings. The number of hydrogen-bond donors (Lipinski definition) is 1. The van der Waals surface area contributed by atoms with Crippen LogP contribution in [0.4, 0.5) is 0 Å². The highest BCUT2D eigenvalue weighted by molar-refractivity contribution is 5.77. The number of aryl methyl sites for hydroxylation is 1. The fraction of sp³-hybridized carbons (Fsp3) is 0.500. The summed E-state index contributed by atoms with van der Waals surface area (Å²) in [6.07, 6.45) is 7.31. The van der Waals surface area contributed by atoms with Crippen LogP contribution in [0.25, 0.3) is 11.0 Å². The predicted octanol–water partition coefficient (Wildman–Crippen LogP) is 4.93. The predicted molar refractivity (Wildman–Crippen MR) is 134 cm³/mol. The van der Waals surface area contributed by atoms with Crippen LogP contribution in [0.1, 0.15) is 62.4 Å². The van der Waals surface area contributed by atoms with Gasteiger partial charge in [-0.2, -0.15) is 0 Å². The Morgan fingerprint density at radius 1 is 1.15 bits per heavy atom. The van der Waals surface area contributed by atoms with Crippen LogP contribution in [0.3, 0.4) is 0 Å². The molecule has 0 aliphatic carbocycles. The number of nitrogens with zero attached hydrogens (tertiary/aromatic N) is 3. The molecule has 34 heavy (non-hydrogen) atoms. The lowest BCUT2D eigenvalue weighted by Gasteiger charge is -2.47. The SMILES string of the molecule is COCCC(=O)N[C@@H](CCN1C2CCCC1(n1c(C)nc3ccccc31)CC2)c1ccccc1. The van der Waals surface area contributed by atoms with E-state index in [0.717, 1.165) is 42.7 Å². The van der Waals surface area contributed by atoms with E-state index in [0.29, 0.717) is 19.1 Å². The number of carbonyl (C=O) groups excluding carboxylic acids is 1. The van der Waals surface area contributed by atoms with Gasteiger partial charge in [-0.1, -0.05) is 42.5 Å². The van der Waals surface area contributed by atoms with Crippen molar-refractivity contribution >= 4 is 16.9 Å². The van der Waals surface area contributed by atoms with Crippen LogP contribution >= 0.6 is 0 Å². The Morgan fingerprint density at radius 2 is 1.94 bits per heavy atom. The normalized spacial score (nSPS) is 23.3. The van der Waals surface area contributed by atoms with E-state index in [1.807, 2.05) is 6.07 Å². The molecule has 2 bridgehead atoms. The molecule has 3 atom stereocenters. The molecule has 1 N–H and O–H groups in total. The van der Waals surface area contributed by atoms with Gasteiger partial charge in [-0.05, 0) is 63.1 Å². The fourth-order valence-electron chi connectivity index (χ4n) is 6.38. The van der Waals surface area contributed by atoms with Crippen LogP contribution in [0.5, 0.6) is 0 Å². The number of rotatable bonds is 9. The Bertz CT molecular complexity index is 1120. The monoisotopic (exact) mass is 460 g/mol. The summed E-state index contributed by atoms with van der Waals surface area (Å²) in [4.78, 5) is 20.3. The van der Waals surface area contributed by atoms with Gasteiger partial charge in [0.15, 0.2) is 0 Å². The van der Waals surface area contributed by atoms with Crippen molar-refractivity contribution in [1.82, 2.24) is 19.8 Å². The highest BCUT2D eigenvalue weighted by Crippen LogP contribution is 2.49. The maximum absolute atomic E-state index is 12.6. The highest BCUT2D eigenvalue weighted by Gasteiger charge is 2.50. The van der Waals surface area contributed by atoms with Crippen LogP contribution in [-0.2, 0) is 15.2 Å². The van der Waals surface area contributed by atoms with Crippen molar-refractivity contribution < 1.29 is 9.53 Å². The Labute approximate surface area is 202 Å². The molecule has 2 aromatic carbocycles. The molecule has 3 heterocycles. The molecule has 1 amide bonds. The summed E-state index contributed by atoms with van der Waals surface area (Å²) in [7, 11) is 1.63. The van der Waals surface area contributed by atoms with Gasteiger partial charge in [0.05, 0.1) is 29.3 Å². The van der Waals surface area contributed by atoms with E-state index in [1.54, 1.807) is 7.11 Å². The first-order valence-electron chi connectivity index (χ1n) is 12.7. The molecule has 3 aromatic rings. The number of carbonyl (C=O) groups is 1. The van der Waals surface area contributed by atoms with Crippen molar-refractivity contribution in [2.45, 2.75) is 69.6 Å². The zero-order valence-electron chi connectivity index (χ0n) is 20.4. The number of nitrogens with one attached hydrogen (secondary N) is 1. The standard InChI is InChI=1S/C28H36N4O2/c1-21-29-25-12-6-7-13-26(25)32(21)28-17-8-11-23(14-18-28)31(28)19-15-24(22-9-4-3-5-10-22)30-27(33)16-20-34-2/h3-7,9-10,12-13,23-24H,8,11,14-20H2,1-2H3,(H,30,33)/t23?,24-,28?/m0/s1. The maximum Gasteiger partial charge on any atom is 0.222 e. The molecule has 0 spiro atoms. The van der Waals surface area contributed by atoms with Crippen molar-refractivity contribution in [3.63, 3.8) is 0 Å². The van der Waals surface area contributed by atoms with E-state index < -0.39 is 0 Å². The topological polar surface area (TPSA) is 59.4 Å². The van der Waals surface area contributed by atoms with Gasteiger partial charge in [0.1, 0.15) is 5.82 Å². The average Bonchev–Trinajstić information content (AvgIpc) is 3.29. The minimum atomic E-state index is -0.0234. The third-order valence-electron chi connectivity index (χ3n) is 7.84. The molecule has 1 aromatic heterocycles. The van der Waals surface area contributed by atoms with Gasteiger partial charge in [-0.3, -0.25) is 9.69 Å². The second-order valence-corrected chi connectivity index (χ2v) is 9.81. The fourth-order valence-corrected chi connectivity index (χ4v) is 6.38. The molecule has 0 saturated carbocycles. The number of imidazole rings is 1. The lowest BCUT2D eigenvalue weighted by atomic mass is 9.94. The summed E-state index contributed by atoms with van der Waals surface area (Å²) in [5.41, 5.74) is 3.46. The van der Waals surface area contributed by atoms with E-state index in [2.05, 4.69) is 70.2 Å². The van der Waals surface area contributed by atoms with Gasteiger partial charge in [-0.25, -0.2) is 4.98 Å². The maximum atomic E-state index is 12.6. The minimum absolute atomic E-state index is 0.00967. The van der Waals surface area contributed by atoms with Crippen molar-refractivity contribution in [2.75, 3.05) is 20.3 Å². The molecular formula is C28H36N4O2. The smallest absolute Gasteiger partial charge is 0.222 e. The molecule has 2 aliphatic rings. The Hall–Kier alpha value is -2.70. The van der Waals surface area contributed by atoms with Gasteiger partial charge in [0, 0.05) is 26.1 Å². The number of piperidine rings is 1. The van der Waals surface area contributed by atoms with E-state index in [9.17, 15) is 4.79 Å². The van der Waals surface area contributed by atoms with Crippen molar-refractivity contribution in [2.24, 2.45) is 0 Å². The number of ether oxygens (including phenoxy) is 1.